The lowest BCUT2D eigenvalue weighted by molar-refractivity contribution is -0.114. The van der Waals surface area contributed by atoms with E-state index in [1.165, 1.54) is 17.8 Å². The van der Waals surface area contributed by atoms with E-state index in [0.29, 0.717) is 5.69 Å². The summed E-state index contributed by atoms with van der Waals surface area (Å²) < 4.78 is 0. The van der Waals surface area contributed by atoms with Gasteiger partial charge in [-0.2, -0.15) is 0 Å². The van der Waals surface area contributed by atoms with Crippen molar-refractivity contribution < 1.29 is 9.59 Å². The van der Waals surface area contributed by atoms with Crippen LogP contribution in [0.3, 0.4) is 0 Å². The number of hydrogen-bond donors (Lipinski definition) is 1. The number of anilines is 1. The van der Waals surface area contributed by atoms with E-state index in [9.17, 15) is 9.59 Å². The van der Waals surface area contributed by atoms with Crippen molar-refractivity contribution in [1.29, 1.82) is 0 Å². The second kappa shape index (κ2) is 6.66. The molecule has 0 aliphatic rings. The van der Waals surface area contributed by atoms with Gasteiger partial charge in [0.1, 0.15) is 0 Å². The van der Waals surface area contributed by atoms with E-state index < -0.39 is 0 Å². The lowest BCUT2D eigenvalue weighted by atomic mass is 10.3. The lowest BCUT2D eigenvalue weighted by Crippen LogP contribution is -2.10. The Morgan fingerprint density at radius 3 is 2.45 bits per heavy atom. The fourth-order valence-corrected chi connectivity index (χ4v) is 1.70. The molecule has 0 unspecified atom stereocenters. The minimum atomic E-state index is -0.334. The molecule has 2 aromatic rings. The maximum Gasteiger partial charge on any atom is 0.222 e. The zero-order valence-electron chi connectivity index (χ0n) is 12.6. The average Bonchev–Trinajstić information content (AvgIpc) is 2.89. The summed E-state index contributed by atoms with van der Waals surface area (Å²) in [6.45, 7) is 1.35. The van der Waals surface area contributed by atoms with Gasteiger partial charge in [0.05, 0.1) is 5.69 Å². The zero-order valence-corrected chi connectivity index (χ0v) is 12.6. The summed E-state index contributed by atoms with van der Waals surface area (Å²) in [6, 6.07) is 9.16. The highest BCUT2D eigenvalue weighted by Crippen LogP contribution is 2.14. The van der Waals surface area contributed by atoms with Gasteiger partial charge in [0.2, 0.25) is 11.7 Å². The molecule has 0 aliphatic heterocycles. The minimum absolute atomic E-state index is 0.0946. The number of nitrogens with zero attached hydrogens (tertiary/aromatic N) is 4. The van der Waals surface area contributed by atoms with Crippen LogP contribution in [0, 0.1) is 0 Å². The number of para-hydroxylation sites is 1. The highest BCUT2D eigenvalue weighted by Gasteiger charge is 2.18. The second-order valence-electron chi connectivity index (χ2n) is 4.85. The largest absolute Gasteiger partial charge is 0.383 e. The van der Waals surface area contributed by atoms with E-state index in [1.54, 1.807) is 25.2 Å². The highest BCUT2D eigenvalue weighted by molar-refractivity contribution is 6.08. The van der Waals surface area contributed by atoms with Gasteiger partial charge in [0.25, 0.3) is 0 Å². The van der Waals surface area contributed by atoms with Crippen LogP contribution in [0.2, 0.25) is 0 Å². The van der Waals surface area contributed by atoms with Crippen molar-refractivity contribution in [3.05, 3.63) is 48.3 Å². The Morgan fingerprint density at radius 1 is 1.18 bits per heavy atom. The fraction of sp³-hybridized carbons (Fsp3) is 0.200. The molecule has 0 saturated heterocycles. The SMILES string of the molecule is CC(=O)Nc1nn(-c2ccccc2)nc1C(=O)/C=C\N(C)C. The first-order valence-corrected chi connectivity index (χ1v) is 6.66. The number of benzene rings is 1. The average molecular weight is 299 g/mol. The summed E-state index contributed by atoms with van der Waals surface area (Å²) >= 11 is 0. The van der Waals surface area contributed by atoms with E-state index in [0.717, 1.165) is 0 Å². The van der Waals surface area contributed by atoms with Crippen molar-refractivity contribution in [3.8, 4) is 5.69 Å². The minimum Gasteiger partial charge on any atom is -0.383 e. The second-order valence-corrected chi connectivity index (χ2v) is 4.85. The van der Waals surface area contributed by atoms with Crippen molar-refractivity contribution in [3.63, 3.8) is 0 Å². The Morgan fingerprint density at radius 2 is 1.86 bits per heavy atom. The van der Waals surface area contributed by atoms with Crippen LogP contribution in [0.4, 0.5) is 5.82 Å². The third-order valence-corrected chi connectivity index (χ3v) is 2.65. The van der Waals surface area contributed by atoms with Gasteiger partial charge in [0, 0.05) is 33.3 Å². The molecule has 0 spiro atoms. The number of ketones is 1. The molecule has 0 atom stereocenters. The number of hydrogen-bond acceptors (Lipinski definition) is 5. The van der Waals surface area contributed by atoms with Gasteiger partial charge in [-0.25, -0.2) is 0 Å². The summed E-state index contributed by atoms with van der Waals surface area (Å²) in [6.07, 6.45) is 2.99. The number of nitrogens with one attached hydrogen (secondary N) is 1. The van der Waals surface area contributed by atoms with Gasteiger partial charge in [-0.15, -0.1) is 15.0 Å². The molecule has 22 heavy (non-hydrogen) atoms. The van der Waals surface area contributed by atoms with Crippen LogP contribution in [0.25, 0.3) is 5.69 Å². The van der Waals surface area contributed by atoms with Gasteiger partial charge >= 0.3 is 0 Å². The van der Waals surface area contributed by atoms with Crippen LogP contribution in [-0.4, -0.2) is 45.7 Å². The van der Waals surface area contributed by atoms with E-state index >= 15 is 0 Å². The Balaban J connectivity index is 2.40. The maximum atomic E-state index is 12.2. The van der Waals surface area contributed by atoms with Crippen molar-refractivity contribution in [2.45, 2.75) is 6.92 Å². The Bertz CT molecular complexity index is 704. The summed E-state index contributed by atoms with van der Waals surface area (Å²) in [5.41, 5.74) is 0.793. The molecule has 7 heteroatoms. The highest BCUT2D eigenvalue weighted by atomic mass is 16.1. The molecule has 0 radical (unpaired) electrons. The van der Waals surface area contributed by atoms with Crippen molar-refractivity contribution in [2.75, 3.05) is 19.4 Å². The summed E-state index contributed by atoms with van der Waals surface area (Å²) in [7, 11) is 3.61. The van der Waals surface area contributed by atoms with Crippen LogP contribution in [0.5, 0.6) is 0 Å². The maximum absolute atomic E-state index is 12.2. The van der Waals surface area contributed by atoms with Crippen LogP contribution in [-0.2, 0) is 4.79 Å². The van der Waals surface area contributed by atoms with Gasteiger partial charge in [-0.1, -0.05) is 18.2 Å². The molecule has 1 heterocycles. The molecule has 7 nitrogen and oxygen atoms in total. The predicted molar refractivity (Wildman–Crippen MR) is 82.8 cm³/mol. The predicted octanol–water partition coefficient (Wildman–Crippen LogP) is 1.48. The third-order valence-electron chi connectivity index (χ3n) is 2.65. The van der Waals surface area contributed by atoms with Crippen LogP contribution in [0.15, 0.2) is 42.6 Å². The molecule has 114 valence electrons. The summed E-state index contributed by atoms with van der Waals surface area (Å²) in [4.78, 5) is 26.5. The first-order valence-electron chi connectivity index (χ1n) is 6.66. The molecule has 1 amide bonds. The third kappa shape index (κ3) is 3.78. The quantitative estimate of drug-likeness (QED) is 0.668. The van der Waals surface area contributed by atoms with Crippen LogP contribution < -0.4 is 5.32 Å². The molecule has 1 N–H and O–H groups in total. The Kier molecular flexibility index (Phi) is 4.67. The Labute approximate surface area is 128 Å². The van der Waals surface area contributed by atoms with E-state index in [1.807, 2.05) is 30.3 Å². The Hall–Kier alpha value is -2.96. The standard InChI is InChI=1S/C15H17N5O2/c1-11(21)16-15-14(13(22)9-10-19(2)3)17-20(18-15)12-7-5-4-6-8-12/h4-10H,1-3H3,(H,16,18,21)/b10-9-. The normalized spacial score (nSPS) is 10.7. The molecule has 1 aromatic heterocycles. The van der Waals surface area contributed by atoms with E-state index in [4.69, 9.17) is 0 Å². The monoisotopic (exact) mass is 299 g/mol. The van der Waals surface area contributed by atoms with Gasteiger partial charge in [-0.3, -0.25) is 9.59 Å². The van der Waals surface area contributed by atoms with Crippen LogP contribution in [0.1, 0.15) is 17.4 Å². The first kappa shape index (κ1) is 15.4. The molecule has 0 saturated carbocycles. The van der Waals surface area contributed by atoms with E-state index in [-0.39, 0.29) is 23.2 Å². The van der Waals surface area contributed by atoms with E-state index in [2.05, 4.69) is 15.5 Å². The first-order chi connectivity index (χ1) is 10.5. The molecule has 0 fully saturated rings. The number of aromatic nitrogens is 3. The van der Waals surface area contributed by atoms with Crippen molar-refractivity contribution in [2.24, 2.45) is 0 Å². The molecule has 1 aromatic carbocycles. The number of amides is 1. The van der Waals surface area contributed by atoms with Gasteiger partial charge < -0.3 is 10.2 Å². The number of rotatable bonds is 5. The molecule has 0 aliphatic carbocycles. The fourth-order valence-electron chi connectivity index (χ4n) is 1.70. The zero-order chi connectivity index (χ0) is 16.1. The summed E-state index contributed by atoms with van der Waals surface area (Å²) in [5.74, 6) is -0.504. The molecule has 2 rings (SSSR count). The lowest BCUT2D eigenvalue weighted by Gasteiger charge is -2.02. The van der Waals surface area contributed by atoms with Gasteiger partial charge in [-0.05, 0) is 12.1 Å². The molecular formula is C15H17N5O2. The topological polar surface area (TPSA) is 80.1 Å². The summed E-state index contributed by atoms with van der Waals surface area (Å²) in [5, 5.41) is 10.9. The number of carbonyl (C=O) groups is 2. The van der Waals surface area contributed by atoms with Crippen LogP contribution >= 0.6 is 0 Å². The molecule has 0 bridgehead atoms. The van der Waals surface area contributed by atoms with Crippen molar-refractivity contribution >= 4 is 17.5 Å². The molecular weight excluding hydrogens is 282 g/mol. The number of carbonyl (C=O) groups excluding carboxylic acids is 2. The number of allylic oxidation sites excluding steroid dienone is 1. The smallest absolute Gasteiger partial charge is 0.222 e. The van der Waals surface area contributed by atoms with Gasteiger partial charge in [0.15, 0.2) is 11.5 Å². The van der Waals surface area contributed by atoms with Crippen molar-refractivity contribution in [1.82, 2.24) is 19.9 Å².